The van der Waals surface area contributed by atoms with Crippen molar-refractivity contribution in [3.8, 4) is 10.6 Å². The molecule has 0 aliphatic rings. The van der Waals surface area contributed by atoms with Gasteiger partial charge in [-0.3, -0.25) is 0 Å². The zero-order valence-electron chi connectivity index (χ0n) is 16.0. The average Bonchev–Trinajstić information content (AvgIpc) is 3.16. The van der Waals surface area contributed by atoms with Crippen LogP contribution in [0.1, 0.15) is 5.56 Å². The summed E-state index contributed by atoms with van der Waals surface area (Å²) >= 11 is 1.54. The molecular formula is C24H15N3O2S. The van der Waals surface area contributed by atoms with Crippen LogP contribution in [0.4, 0.5) is 5.82 Å². The number of aromatic nitrogens is 2. The van der Waals surface area contributed by atoms with Crippen LogP contribution in [-0.2, 0) is 0 Å². The van der Waals surface area contributed by atoms with Gasteiger partial charge in [-0.15, -0.1) is 11.3 Å². The molecule has 0 fully saturated rings. The summed E-state index contributed by atoms with van der Waals surface area (Å²) in [4.78, 5) is 22.4. The highest BCUT2D eigenvalue weighted by Gasteiger charge is 2.21. The molecule has 0 saturated heterocycles. The number of nitrogens with zero attached hydrogens (tertiary/aromatic N) is 2. The highest BCUT2D eigenvalue weighted by molar-refractivity contribution is 7.21. The number of hydrogen-bond donors (Lipinski definition) is 1. The summed E-state index contributed by atoms with van der Waals surface area (Å²) in [6.45, 7) is 1.88. The lowest BCUT2D eigenvalue weighted by Gasteiger charge is -2.12. The molecule has 6 rings (SSSR count). The Kier molecular flexibility index (Phi) is 3.49. The zero-order chi connectivity index (χ0) is 20.4. The predicted molar refractivity (Wildman–Crippen MR) is 123 cm³/mol. The number of hydrogen-bond acceptors (Lipinski definition) is 6. The molecule has 0 spiro atoms. The molecule has 30 heavy (non-hydrogen) atoms. The second-order valence-electron chi connectivity index (χ2n) is 7.26. The first-order valence-electron chi connectivity index (χ1n) is 9.52. The third-order valence-corrected chi connectivity index (χ3v) is 6.57. The van der Waals surface area contributed by atoms with E-state index in [-0.39, 0.29) is 0 Å². The average molecular weight is 409 g/mol. The van der Waals surface area contributed by atoms with Crippen molar-refractivity contribution < 1.29 is 4.42 Å². The van der Waals surface area contributed by atoms with E-state index in [0.29, 0.717) is 27.9 Å². The van der Waals surface area contributed by atoms with Gasteiger partial charge in [0.05, 0.1) is 32.1 Å². The van der Waals surface area contributed by atoms with Crippen molar-refractivity contribution in [2.45, 2.75) is 6.92 Å². The van der Waals surface area contributed by atoms with Gasteiger partial charge in [-0.1, -0.05) is 42.5 Å². The molecule has 0 aliphatic heterocycles. The predicted octanol–water partition coefficient (Wildman–Crippen LogP) is 5.66. The summed E-state index contributed by atoms with van der Waals surface area (Å²) in [5.74, 6) is 0.360. The quantitative estimate of drug-likeness (QED) is 0.280. The summed E-state index contributed by atoms with van der Waals surface area (Å²) < 4.78 is 6.76. The Balaban J connectivity index is 1.78. The summed E-state index contributed by atoms with van der Waals surface area (Å²) in [6, 6.07) is 19.6. The van der Waals surface area contributed by atoms with Gasteiger partial charge in [0, 0.05) is 0 Å². The number of para-hydroxylation sites is 1. The Bertz CT molecular complexity index is 1670. The molecule has 2 N–H and O–H groups in total. The van der Waals surface area contributed by atoms with Crippen LogP contribution in [-0.4, -0.2) is 9.97 Å². The molecule has 0 aliphatic carbocycles. The Labute approximate surface area is 174 Å². The number of benzene rings is 3. The Morgan fingerprint density at radius 3 is 2.60 bits per heavy atom. The molecular weight excluding hydrogens is 394 g/mol. The van der Waals surface area contributed by atoms with Crippen LogP contribution in [0.3, 0.4) is 0 Å². The van der Waals surface area contributed by atoms with E-state index in [2.05, 4.69) is 0 Å². The molecule has 6 heteroatoms. The Morgan fingerprint density at radius 2 is 1.73 bits per heavy atom. The number of rotatable bonds is 1. The number of pyridine rings is 1. The molecule has 0 unspecified atom stereocenters. The number of nitrogens with two attached hydrogens (primary N) is 1. The van der Waals surface area contributed by atoms with Gasteiger partial charge in [-0.2, -0.15) is 0 Å². The monoisotopic (exact) mass is 409 g/mol. The van der Waals surface area contributed by atoms with Crippen LogP contribution in [0.25, 0.3) is 53.4 Å². The molecule has 6 aromatic rings. The number of aryl methyl sites for hydroxylation is 1. The number of anilines is 1. The summed E-state index contributed by atoms with van der Waals surface area (Å²) in [6.07, 6.45) is 0. The third kappa shape index (κ3) is 2.31. The van der Waals surface area contributed by atoms with Gasteiger partial charge in [-0.05, 0) is 41.5 Å². The fourth-order valence-electron chi connectivity index (χ4n) is 4.14. The molecule has 5 nitrogen and oxygen atoms in total. The maximum atomic E-state index is 13.0. The highest BCUT2D eigenvalue weighted by Crippen LogP contribution is 2.39. The van der Waals surface area contributed by atoms with Gasteiger partial charge in [-0.25, -0.2) is 14.8 Å². The molecule has 0 amide bonds. The maximum absolute atomic E-state index is 13.0. The molecule has 144 valence electrons. The molecule has 0 atom stereocenters. The van der Waals surface area contributed by atoms with Crippen molar-refractivity contribution in [3.63, 3.8) is 0 Å². The van der Waals surface area contributed by atoms with Gasteiger partial charge >= 0.3 is 5.63 Å². The summed E-state index contributed by atoms with van der Waals surface area (Å²) in [5.41, 5.74) is 9.43. The lowest BCUT2D eigenvalue weighted by molar-refractivity contribution is 0.569. The van der Waals surface area contributed by atoms with Gasteiger partial charge in [0.1, 0.15) is 16.4 Å². The van der Waals surface area contributed by atoms with E-state index >= 15 is 0 Å². The largest absolute Gasteiger partial charge is 0.422 e. The van der Waals surface area contributed by atoms with E-state index in [9.17, 15) is 4.79 Å². The number of nitrogen functional groups attached to an aromatic ring is 1. The number of fused-ring (bicyclic) bond motifs is 6. The van der Waals surface area contributed by atoms with Crippen molar-refractivity contribution in [2.24, 2.45) is 0 Å². The SMILES string of the molecule is Cc1c(-c2nc3ccccc3s2)c(N)nc2c1c(=O)oc1ccc3ccccc3c12. The third-order valence-electron chi connectivity index (χ3n) is 5.52. The van der Waals surface area contributed by atoms with E-state index in [0.717, 1.165) is 36.9 Å². The molecule has 0 radical (unpaired) electrons. The lowest BCUT2D eigenvalue weighted by atomic mass is 10.00. The van der Waals surface area contributed by atoms with E-state index in [1.807, 2.05) is 67.6 Å². The minimum Gasteiger partial charge on any atom is -0.422 e. The topological polar surface area (TPSA) is 82.0 Å². The standard InChI is InChI=1S/C24H15N3O2S/c1-12-18-21(20-14-7-3-2-6-13(14)10-11-16(20)29-24(18)28)27-22(25)19(12)23-26-15-8-4-5-9-17(15)30-23/h2-11H,1H3,(H2,25,27). The minimum atomic E-state index is -0.417. The second kappa shape index (κ2) is 6.11. The smallest absolute Gasteiger partial charge is 0.346 e. The summed E-state index contributed by atoms with van der Waals surface area (Å²) in [7, 11) is 0. The van der Waals surface area contributed by atoms with Crippen LogP contribution in [0, 0.1) is 6.92 Å². The zero-order valence-corrected chi connectivity index (χ0v) is 16.8. The second-order valence-corrected chi connectivity index (χ2v) is 8.29. The van der Waals surface area contributed by atoms with E-state index < -0.39 is 5.63 Å². The van der Waals surface area contributed by atoms with Crippen LogP contribution in [0.15, 0.2) is 69.9 Å². The van der Waals surface area contributed by atoms with Crippen molar-refractivity contribution in [3.05, 3.63) is 76.6 Å². The Morgan fingerprint density at radius 1 is 0.933 bits per heavy atom. The maximum Gasteiger partial charge on any atom is 0.346 e. The molecule has 3 aromatic heterocycles. The molecule has 0 saturated carbocycles. The molecule has 0 bridgehead atoms. The van der Waals surface area contributed by atoms with Crippen LogP contribution >= 0.6 is 11.3 Å². The minimum absolute atomic E-state index is 0.360. The van der Waals surface area contributed by atoms with Crippen LogP contribution in [0.5, 0.6) is 0 Å². The molecule has 3 heterocycles. The Hall–Kier alpha value is -3.77. The van der Waals surface area contributed by atoms with Gasteiger partial charge in [0.15, 0.2) is 0 Å². The first kappa shape index (κ1) is 17.1. The van der Waals surface area contributed by atoms with Crippen molar-refractivity contribution in [1.29, 1.82) is 0 Å². The normalized spacial score (nSPS) is 11.8. The van der Waals surface area contributed by atoms with E-state index in [1.165, 1.54) is 11.3 Å². The van der Waals surface area contributed by atoms with Crippen molar-refractivity contribution >= 4 is 60.0 Å². The van der Waals surface area contributed by atoms with Gasteiger partial charge < -0.3 is 10.2 Å². The van der Waals surface area contributed by atoms with Crippen molar-refractivity contribution in [1.82, 2.24) is 9.97 Å². The highest BCUT2D eigenvalue weighted by atomic mass is 32.1. The lowest BCUT2D eigenvalue weighted by Crippen LogP contribution is -2.07. The van der Waals surface area contributed by atoms with E-state index in [1.54, 1.807) is 0 Å². The first-order chi connectivity index (χ1) is 14.6. The van der Waals surface area contributed by atoms with Gasteiger partial charge in [0.25, 0.3) is 0 Å². The molecule has 3 aromatic carbocycles. The van der Waals surface area contributed by atoms with Crippen LogP contribution in [0.2, 0.25) is 0 Å². The number of thiazole rings is 1. The van der Waals surface area contributed by atoms with E-state index in [4.69, 9.17) is 20.1 Å². The summed E-state index contributed by atoms with van der Waals surface area (Å²) in [5, 5.41) is 4.02. The fourth-order valence-corrected chi connectivity index (χ4v) is 5.22. The first-order valence-corrected chi connectivity index (χ1v) is 10.3. The fraction of sp³-hybridized carbons (Fsp3) is 0.0417. The van der Waals surface area contributed by atoms with Crippen molar-refractivity contribution in [2.75, 3.05) is 5.73 Å². The van der Waals surface area contributed by atoms with Crippen LogP contribution < -0.4 is 11.4 Å². The van der Waals surface area contributed by atoms with Gasteiger partial charge in [0.2, 0.25) is 0 Å².